The van der Waals surface area contributed by atoms with Gasteiger partial charge < -0.3 is 5.32 Å². The number of anilines is 1. The highest BCUT2D eigenvalue weighted by atomic mass is 15.3. The predicted octanol–water partition coefficient (Wildman–Crippen LogP) is 2.73. The van der Waals surface area contributed by atoms with Crippen molar-refractivity contribution in [1.82, 2.24) is 14.8 Å². The Morgan fingerprint density at radius 1 is 1.33 bits per heavy atom. The summed E-state index contributed by atoms with van der Waals surface area (Å²) in [6, 6.07) is 4.49. The lowest BCUT2D eigenvalue weighted by Gasteiger charge is -2.13. The van der Waals surface area contributed by atoms with Crippen LogP contribution in [0.2, 0.25) is 0 Å². The number of nitrogens with zero attached hydrogens (tertiary/aromatic N) is 3. The van der Waals surface area contributed by atoms with Crippen molar-refractivity contribution in [2.24, 2.45) is 0 Å². The molecule has 0 fully saturated rings. The average Bonchev–Trinajstić information content (AvgIpc) is 2.78. The Bertz CT molecular complexity index is 464. The second-order valence-corrected chi connectivity index (χ2v) is 4.60. The van der Waals surface area contributed by atoms with E-state index in [4.69, 9.17) is 0 Å². The molecule has 18 heavy (non-hydrogen) atoms. The van der Waals surface area contributed by atoms with Gasteiger partial charge >= 0.3 is 0 Å². The zero-order valence-corrected chi connectivity index (χ0v) is 11.0. The maximum atomic E-state index is 4.31. The Morgan fingerprint density at radius 2 is 2.11 bits per heavy atom. The molecular weight excluding hydrogens is 224 g/mol. The average molecular weight is 244 g/mol. The number of hydrogen-bond donors (Lipinski definition) is 1. The largest absolute Gasteiger partial charge is 0.380 e. The van der Waals surface area contributed by atoms with E-state index in [0.717, 1.165) is 25.1 Å². The fourth-order valence-corrected chi connectivity index (χ4v) is 2.00. The Kier molecular flexibility index (Phi) is 4.34. The van der Waals surface area contributed by atoms with Crippen LogP contribution in [0.5, 0.6) is 0 Å². The molecule has 0 spiro atoms. The van der Waals surface area contributed by atoms with Gasteiger partial charge in [0.2, 0.25) is 0 Å². The smallest absolute Gasteiger partial charge is 0.0728 e. The van der Waals surface area contributed by atoms with Crippen LogP contribution in [0.25, 0.3) is 0 Å². The van der Waals surface area contributed by atoms with Gasteiger partial charge in [-0.25, -0.2) is 0 Å². The quantitative estimate of drug-likeness (QED) is 0.849. The van der Waals surface area contributed by atoms with Crippen molar-refractivity contribution in [3.05, 3.63) is 42.5 Å². The van der Waals surface area contributed by atoms with E-state index in [1.165, 1.54) is 5.56 Å². The summed E-state index contributed by atoms with van der Waals surface area (Å²) in [5, 5.41) is 7.78. The summed E-state index contributed by atoms with van der Waals surface area (Å²) in [6.07, 6.45) is 9.71. The summed E-state index contributed by atoms with van der Waals surface area (Å²) in [5.41, 5.74) is 2.39. The third kappa shape index (κ3) is 3.58. The first-order valence-electron chi connectivity index (χ1n) is 6.46. The molecule has 2 aromatic heterocycles. The summed E-state index contributed by atoms with van der Waals surface area (Å²) in [4.78, 5) is 4.03. The van der Waals surface area contributed by atoms with Crippen LogP contribution in [-0.2, 0) is 13.0 Å². The van der Waals surface area contributed by atoms with E-state index in [9.17, 15) is 0 Å². The first-order valence-corrected chi connectivity index (χ1v) is 6.46. The van der Waals surface area contributed by atoms with E-state index in [1.807, 2.05) is 23.3 Å². The highest BCUT2D eigenvalue weighted by molar-refractivity contribution is 5.39. The molecule has 0 aliphatic carbocycles. The van der Waals surface area contributed by atoms with Crippen molar-refractivity contribution in [2.45, 2.75) is 39.3 Å². The van der Waals surface area contributed by atoms with Gasteiger partial charge in [-0.1, -0.05) is 6.92 Å². The Labute approximate surface area is 108 Å². The summed E-state index contributed by atoms with van der Waals surface area (Å²) in [5.74, 6) is 0. The maximum absolute atomic E-state index is 4.31. The SMILES string of the molecule is CCCn1cc(N[C@H](C)Cc2ccncc2)cn1. The molecule has 0 bridgehead atoms. The molecule has 0 amide bonds. The Morgan fingerprint density at radius 3 is 2.83 bits per heavy atom. The second kappa shape index (κ2) is 6.19. The lowest BCUT2D eigenvalue weighted by atomic mass is 10.1. The summed E-state index contributed by atoms with van der Waals surface area (Å²) in [7, 11) is 0. The van der Waals surface area contributed by atoms with Crippen molar-refractivity contribution in [1.29, 1.82) is 0 Å². The van der Waals surface area contributed by atoms with Gasteiger partial charge in [-0.15, -0.1) is 0 Å². The normalized spacial score (nSPS) is 12.3. The minimum absolute atomic E-state index is 0.381. The zero-order chi connectivity index (χ0) is 12.8. The van der Waals surface area contributed by atoms with Gasteiger partial charge in [-0.05, 0) is 37.5 Å². The van der Waals surface area contributed by atoms with Gasteiger partial charge in [0.05, 0.1) is 11.9 Å². The van der Waals surface area contributed by atoms with Crippen molar-refractivity contribution < 1.29 is 0 Å². The lowest BCUT2D eigenvalue weighted by Crippen LogP contribution is -2.17. The van der Waals surface area contributed by atoms with Crippen molar-refractivity contribution in [3.63, 3.8) is 0 Å². The molecule has 0 aromatic carbocycles. The molecule has 0 saturated carbocycles. The molecule has 0 aliphatic heterocycles. The molecule has 2 aromatic rings. The molecule has 2 rings (SSSR count). The van der Waals surface area contributed by atoms with Crippen molar-refractivity contribution in [3.8, 4) is 0 Å². The molecule has 0 saturated heterocycles. The number of aryl methyl sites for hydroxylation is 1. The predicted molar refractivity (Wildman–Crippen MR) is 73.5 cm³/mol. The van der Waals surface area contributed by atoms with Crippen LogP contribution in [0.4, 0.5) is 5.69 Å². The highest BCUT2D eigenvalue weighted by Gasteiger charge is 2.05. The standard InChI is InChI=1S/C14H20N4/c1-3-8-18-11-14(10-16-18)17-12(2)9-13-4-6-15-7-5-13/h4-7,10-12,17H,3,8-9H2,1-2H3/t12-/m1/s1. The summed E-state index contributed by atoms with van der Waals surface area (Å²) < 4.78 is 1.97. The highest BCUT2D eigenvalue weighted by Crippen LogP contribution is 2.10. The number of nitrogens with one attached hydrogen (secondary N) is 1. The second-order valence-electron chi connectivity index (χ2n) is 4.60. The topological polar surface area (TPSA) is 42.7 Å². The minimum Gasteiger partial charge on any atom is -0.380 e. The molecule has 96 valence electrons. The number of pyridine rings is 1. The van der Waals surface area contributed by atoms with Gasteiger partial charge in [0.15, 0.2) is 0 Å². The molecular formula is C14H20N4. The van der Waals surface area contributed by atoms with Gasteiger partial charge in [0.25, 0.3) is 0 Å². The molecule has 1 atom stereocenters. The van der Waals surface area contributed by atoms with Crippen LogP contribution in [0.1, 0.15) is 25.8 Å². The first-order chi connectivity index (χ1) is 8.78. The number of hydrogen-bond acceptors (Lipinski definition) is 3. The van der Waals surface area contributed by atoms with Crippen LogP contribution in [0.3, 0.4) is 0 Å². The third-order valence-electron chi connectivity index (χ3n) is 2.79. The molecule has 4 heteroatoms. The molecule has 2 heterocycles. The molecule has 1 N–H and O–H groups in total. The summed E-state index contributed by atoms with van der Waals surface area (Å²) >= 11 is 0. The summed E-state index contributed by atoms with van der Waals surface area (Å²) in [6.45, 7) is 5.30. The van der Waals surface area contributed by atoms with Gasteiger partial charge in [0, 0.05) is 31.2 Å². The van der Waals surface area contributed by atoms with E-state index in [0.29, 0.717) is 6.04 Å². The van der Waals surface area contributed by atoms with Gasteiger partial charge in [-0.2, -0.15) is 5.10 Å². The van der Waals surface area contributed by atoms with Crippen LogP contribution in [0, 0.1) is 0 Å². The van der Waals surface area contributed by atoms with Gasteiger partial charge in [-0.3, -0.25) is 9.67 Å². The monoisotopic (exact) mass is 244 g/mol. The van der Waals surface area contributed by atoms with E-state index >= 15 is 0 Å². The maximum Gasteiger partial charge on any atom is 0.0728 e. The minimum atomic E-state index is 0.381. The van der Waals surface area contributed by atoms with Crippen LogP contribution < -0.4 is 5.32 Å². The molecule has 0 radical (unpaired) electrons. The van der Waals surface area contributed by atoms with E-state index < -0.39 is 0 Å². The number of rotatable bonds is 6. The van der Waals surface area contributed by atoms with E-state index in [-0.39, 0.29) is 0 Å². The first kappa shape index (κ1) is 12.6. The number of aromatic nitrogens is 3. The fraction of sp³-hybridized carbons (Fsp3) is 0.429. The van der Waals surface area contributed by atoms with Crippen LogP contribution >= 0.6 is 0 Å². The zero-order valence-electron chi connectivity index (χ0n) is 11.0. The molecule has 4 nitrogen and oxygen atoms in total. The van der Waals surface area contributed by atoms with Crippen LogP contribution in [-0.4, -0.2) is 20.8 Å². The van der Waals surface area contributed by atoms with E-state index in [2.05, 4.69) is 47.6 Å². The molecule has 0 aliphatic rings. The van der Waals surface area contributed by atoms with Crippen molar-refractivity contribution >= 4 is 5.69 Å². The van der Waals surface area contributed by atoms with Crippen LogP contribution in [0.15, 0.2) is 36.9 Å². The Hall–Kier alpha value is -1.84. The Balaban J connectivity index is 1.88. The van der Waals surface area contributed by atoms with E-state index in [1.54, 1.807) is 0 Å². The third-order valence-corrected chi connectivity index (χ3v) is 2.79. The fourth-order valence-electron chi connectivity index (χ4n) is 2.00. The van der Waals surface area contributed by atoms with Gasteiger partial charge in [0.1, 0.15) is 0 Å². The van der Waals surface area contributed by atoms with Crippen molar-refractivity contribution in [2.75, 3.05) is 5.32 Å². The molecule has 0 unspecified atom stereocenters. The lowest BCUT2D eigenvalue weighted by molar-refractivity contribution is 0.603.